The Kier molecular flexibility index (Phi) is 4.85. The summed E-state index contributed by atoms with van der Waals surface area (Å²) in [5.74, 6) is 0.263. The highest BCUT2D eigenvalue weighted by molar-refractivity contribution is 5.95. The van der Waals surface area contributed by atoms with E-state index in [1.54, 1.807) is 24.1 Å². The first kappa shape index (κ1) is 18.4. The van der Waals surface area contributed by atoms with Gasteiger partial charge in [-0.15, -0.1) is 0 Å². The van der Waals surface area contributed by atoms with E-state index in [1.165, 1.54) is 12.1 Å². The summed E-state index contributed by atoms with van der Waals surface area (Å²) in [5, 5.41) is 13.0. The molecular weight excluding hydrogens is 346 g/mol. The standard InChI is InChI=1S/C20H21N3O4/c1-12-9-17(14(3)23(12)18-10-13(2)27-21-18)19(24)22(4)11-15-5-7-16(8-6-15)20(25)26/h5-10H,11H2,1-4H3,(H,25,26). The highest BCUT2D eigenvalue weighted by Gasteiger charge is 2.21. The second kappa shape index (κ2) is 7.11. The van der Waals surface area contributed by atoms with Gasteiger partial charge in [0, 0.05) is 31.0 Å². The smallest absolute Gasteiger partial charge is 0.335 e. The van der Waals surface area contributed by atoms with Crippen molar-refractivity contribution in [1.82, 2.24) is 14.6 Å². The van der Waals surface area contributed by atoms with Crippen LogP contribution < -0.4 is 0 Å². The number of amides is 1. The van der Waals surface area contributed by atoms with Crippen molar-refractivity contribution in [2.24, 2.45) is 0 Å². The molecule has 1 aromatic carbocycles. The van der Waals surface area contributed by atoms with Crippen molar-refractivity contribution in [1.29, 1.82) is 0 Å². The molecule has 3 rings (SSSR count). The molecule has 0 radical (unpaired) electrons. The number of rotatable bonds is 5. The van der Waals surface area contributed by atoms with Gasteiger partial charge in [0.15, 0.2) is 5.82 Å². The van der Waals surface area contributed by atoms with Crippen molar-refractivity contribution in [3.63, 3.8) is 0 Å². The van der Waals surface area contributed by atoms with E-state index in [4.69, 9.17) is 9.63 Å². The third-order valence-electron chi connectivity index (χ3n) is 4.47. The topological polar surface area (TPSA) is 88.6 Å². The Balaban J connectivity index is 1.82. The summed E-state index contributed by atoms with van der Waals surface area (Å²) in [6.07, 6.45) is 0. The van der Waals surface area contributed by atoms with E-state index in [1.807, 2.05) is 37.5 Å². The number of aromatic nitrogens is 2. The summed E-state index contributed by atoms with van der Waals surface area (Å²) in [4.78, 5) is 25.5. The Bertz CT molecular complexity index is 999. The molecule has 0 fully saturated rings. The molecule has 1 N–H and O–H groups in total. The van der Waals surface area contributed by atoms with Crippen LogP contribution in [0.1, 0.15) is 43.4 Å². The lowest BCUT2D eigenvalue weighted by Crippen LogP contribution is -2.26. The number of carbonyl (C=O) groups excluding carboxylic acids is 1. The van der Waals surface area contributed by atoms with Crippen LogP contribution in [0, 0.1) is 20.8 Å². The summed E-state index contributed by atoms with van der Waals surface area (Å²) < 4.78 is 7.03. The Morgan fingerprint density at radius 3 is 2.37 bits per heavy atom. The predicted octanol–water partition coefficient (Wildman–Crippen LogP) is 3.36. The Morgan fingerprint density at radius 2 is 1.81 bits per heavy atom. The molecule has 1 amide bonds. The van der Waals surface area contributed by atoms with Gasteiger partial charge in [0.1, 0.15) is 5.76 Å². The molecule has 0 aliphatic rings. The molecule has 140 valence electrons. The van der Waals surface area contributed by atoms with Gasteiger partial charge in [-0.25, -0.2) is 4.79 Å². The molecule has 0 bridgehead atoms. The van der Waals surface area contributed by atoms with Gasteiger partial charge < -0.3 is 14.5 Å². The molecule has 0 spiro atoms. The summed E-state index contributed by atoms with van der Waals surface area (Å²) >= 11 is 0. The molecule has 0 saturated heterocycles. The fourth-order valence-electron chi connectivity index (χ4n) is 3.09. The fraction of sp³-hybridized carbons (Fsp3) is 0.250. The number of carboxylic acid groups (broad SMARTS) is 1. The normalized spacial score (nSPS) is 10.8. The van der Waals surface area contributed by atoms with Gasteiger partial charge in [-0.3, -0.25) is 9.36 Å². The zero-order chi connectivity index (χ0) is 19.7. The van der Waals surface area contributed by atoms with Crippen molar-refractivity contribution in [2.45, 2.75) is 27.3 Å². The van der Waals surface area contributed by atoms with Crippen LogP contribution in [0.3, 0.4) is 0 Å². The van der Waals surface area contributed by atoms with Crippen LogP contribution in [0.4, 0.5) is 0 Å². The highest BCUT2D eigenvalue weighted by Crippen LogP contribution is 2.22. The fourth-order valence-corrected chi connectivity index (χ4v) is 3.09. The number of benzene rings is 1. The average Bonchev–Trinajstić information content (AvgIpc) is 3.17. The monoisotopic (exact) mass is 367 g/mol. The van der Waals surface area contributed by atoms with Gasteiger partial charge in [-0.2, -0.15) is 0 Å². The van der Waals surface area contributed by atoms with Crippen LogP contribution in [0.25, 0.3) is 5.82 Å². The predicted molar refractivity (Wildman–Crippen MR) is 99.2 cm³/mol. The van der Waals surface area contributed by atoms with Crippen LogP contribution in [0.15, 0.2) is 40.9 Å². The summed E-state index contributed by atoms with van der Waals surface area (Å²) in [6.45, 7) is 5.99. The molecule has 0 aliphatic carbocycles. The van der Waals surface area contributed by atoms with E-state index in [2.05, 4.69) is 5.16 Å². The number of aromatic carboxylic acids is 1. The molecule has 0 aliphatic heterocycles. The molecular formula is C20H21N3O4. The van der Waals surface area contributed by atoms with Crippen molar-refractivity contribution in [3.05, 3.63) is 70.2 Å². The number of hydrogen-bond acceptors (Lipinski definition) is 4. The van der Waals surface area contributed by atoms with Crippen LogP contribution in [0.5, 0.6) is 0 Å². The second-order valence-electron chi connectivity index (χ2n) is 6.58. The summed E-state index contributed by atoms with van der Waals surface area (Å²) in [5.41, 5.74) is 3.36. The maximum atomic E-state index is 12.9. The first-order valence-corrected chi connectivity index (χ1v) is 8.48. The Morgan fingerprint density at radius 1 is 1.15 bits per heavy atom. The largest absolute Gasteiger partial charge is 0.478 e. The Labute approximate surface area is 156 Å². The number of hydrogen-bond donors (Lipinski definition) is 1. The molecule has 27 heavy (non-hydrogen) atoms. The third-order valence-corrected chi connectivity index (χ3v) is 4.47. The lowest BCUT2D eigenvalue weighted by molar-refractivity contribution is 0.0695. The van der Waals surface area contributed by atoms with Gasteiger partial charge >= 0.3 is 5.97 Å². The Hall–Kier alpha value is -3.35. The number of aryl methyl sites for hydroxylation is 2. The SMILES string of the molecule is Cc1cc(-n2c(C)cc(C(=O)N(C)Cc3ccc(C(=O)O)cc3)c2C)no1. The molecule has 0 saturated carbocycles. The van der Waals surface area contributed by atoms with Gasteiger partial charge in [-0.05, 0) is 44.5 Å². The minimum Gasteiger partial charge on any atom is -0.478 e. The minimum atomic E-state index is -0.971. The van der Waals surface area contributed by atoms with E-state index in [-0.39, 0.29) is 11.5 Å². The minimum absolute atomic E-state index is 0.114. The molecule has 0 unspecified atom stereocenters. The lowest BCUT2D eigenvalue weighted by atomic mass is 10.1. The van der Waals surface area contributed by atoms with Gasteiger partial charge in [0.2, 0.25) is 0 Å². The molecule has 7 heteroatoms. The number of nitrogens with zero attached hydrogens (tertiary/aromatic N) is 3. The van der Waals surface area contributed by atoms with E-state index in [9.17, 15) is 9.59 Å². The zero-order valence-electron chi connectivity index (χ0n) is 15.7. The quantitative estimate of drug-likeness (QED) is 0.747. The van der Waals surface area contributed by atoms with Crippen molar-refractivity contribution >= 4 is 11.9 Å². The molecule has 7 nitrogen and oxygen atoms in total. The van der Waals surface area contributed by atoms with E-state index < -0.39 is 5.97 Å². The molecule has 2 heterocycles. The average molecular weight is 367 g/mol. The van der Waals surface area contributed by atoms with Crippen LogP contribution in [0.2, 0.25) is 0 Å². The van der Waals surface area contributed by atoms with Gasteiger partial charge in [-0.1, -0.05) is 17.3 Å². The van der Waals surface area contributed by atoms with Crippen molar-refractivity contribution in [3.8, 4) is 5.82 Å². The molecule has 3 aromatic rings. The second-order valence-corrected chi connectivity index (χ2v) is 6.58. The highest BCUT2D eigenvalue weighted by atomic mass is 16.5. The van der Waals surface area contributed by atoms with E-state index in [0.717, 1.165) is 17.0 Å². The van der Waals surface area contributed by atoms with E-state index >= 15 is 0 Å². The van der Waals surface area contributed by atoms with Gasteiger partial charge in [0.05, 0.1) is 11.1 Å². The van der Waals surface area contributed by atoms with E-state index in [0.29, 0.717) is 23.7 Å². The summed E-state index contributed by atoms with van der Waals surface area (Å²) in [7, 11) is 1.72. The first-order valence-electron chi connectivity index (χ1n) is 8.48. The van der Waals surface area contributed by atoms with Crippen molar-refractivity contribution in [2.75, 3.05) is 7.05 Å². The third kappa shape index (κ3) is 3.62. The van der Waals surface area contributed by atoms with Crippen LogP contribution in [-0.2, 0) is 6.54 Å². The number of carbonyl (C=O) groups is 2. The zero-order valence-corrected chi connectivity index (χ0v) is 15.7. The molecule has 2 aromatic heterocycles. The maximum absolute atomic E-state index is 12.9. The van der Waals surface area contributed by atoms with Gasteiger partial charge in [0.25, 0.3) is 5.91 Å². The van der Waals surface area contributed by atoms with Crippen LogP contribution >= 0.6 is 0 Å². The first-order chi connectivity index (χ1) is 12.8. The molecule has 0 atom stereocenters. The lowest BCUT2D eigenvalue weighted by Gasteiger charge is -2.17. The summed E-state index contributed by atoms with van der Waals surface area (Å²) in [6, 6.07) is 10.2. The van der Waals surface area contributed by atoms with Crippen LogP contribution in [-0.4, -0.2) is 38.7 Å². The van der Waals surface area contributed by atoms with Crippen molar-refractivity contribution < 1.29 is 19.2 Å². The number of carboxylic acids is 1. The maximum Gasteiger partial charge on any atom is 0.335 e.